The fourth-order valence-electron chi connectivity index (χ4n) is 2.97. The van der Waals surface area contributed by atoms with Crippen LogP contribution in [0.2, 0.25) is 0 Å². The summed E-state index contributed by atoms with van der Waals surface area (Å²) in [6.07, 6.45) is 8.94. The first-order valence-corrected chi connectivity index (χ1v) is 7.01. The summed E-state index contributed by atoms with van der Waals surface area (Å²) in [5, 5.41) is 0. The van der Waals surface area contributed by atoms with Gasteiger partial charge in [-0.05, 0) is 12.8 Å². The molecule has 0 bridgehead atoms. The Bertz CT molecular complexity index is 434. The number of imidazole rings is 1. The van der Waals surface area contributed by atoms with Gasteiger partial charge in [0.25, 0.3) is 0 Å². The van der Waals surface area contributed by atoms with Crippen molar-refractivity contribution in [3.05, 3.63) is 18.2 Å². The quantitative estimate of drug-likeness (QED) is 0.891. The molecule has 1 aromatic rings. The lowest BCUT2D eigenvalue weighted by atomic mass is 9.73. The molecular formula is C14H24N4O. The summed E-state index contributed by atoms with van der Waals surface area (Å²) < 4.78 is 1.94. The van der Waals surface area contributed by atoms with E-state index in [1.54, 1.807) is 11.1 Å². The number of nitrogens with zero attached hydrogens (tertiary/aromatic N) is 3. The SMILES string of the molecule is CN(Cc1nccn1C)C(=O)C1(CN)CCCCC1. The molecule has 0 aliphatic heterocycles. The van der Waals surface area contributed by atoms with Crippen molar-refractivity contribution in [3.8, 4) is 0 Å². The molecule has 0 radical (unpaired) electrons. The van der Waals surface area contributed by atoms with E-state index in [2.05, 4.69) is 4.98 Å². The van der Waals surface area contributed by atoms with Crippen LogP contribution < -0.4 is 5.73 Å². The maximum Gasteiger partial charge on any atom is 0.230 e. The average molecular weight is 264 g/mol. The van der Waals surface area contributed by atoms with E-state index in [4.69, 9.17) is 5.73 Å². The Hall–Kier alpha value is -1.36. The van der Waals surface area contributed by atoms with Crippen molar-refractivity contribution in [1.82, 2.24) is 14.5 Å². The number of aryl methyl sites for hydroxylation is 1. The Labute approximate surface area is 114 Å². The minimum atomic E-state index is -0.335. The van der Waals surface area contributed by atoms with Crippen molar-refractivity contribution in [3.63, 3.8) is 0 Å². The average Bonchev–Trinajstić information content (AvgIpc) is 2.84. The molecule has 1 amide bonds. The zero-order valence-electron chi connectivity index (χ0n) is 11.9. The highest BCUT2D eigenvalue weighted by Crippen LogP contribution is 2.37. The summed E-state index contributed by atoms with van der Waals surface area (Å²) >= 11 is 0. The molecule has 1 aromatic heterocycles. The number of rotatable bonds is 4. The van der Waals surface area contributed by atoms with Crippen LogP contribution in [0.15, 0.2) is 12.4 Å². The molecule has 0 saturated heterocycles. The molecule has 106 valence electrons. The van der Waals surface area contributed by atoms with Gasteiger partial charge < -0.3 is 15.2 Å². The fourth-order valence-corrected chi connectivity index (χ4v) is 2.97. The van der Waals surface area contributed by atoms with Gasteiger partial charge in [0.2, 0.25) is 5.91 Å². The molecular weight excluding hydrogens is 240 g/mol. The zero-order chi connectivity index (χ0) is 13.9. The monoisotopic (exact) mass is 264 g/mol. The highest BCUT2D eigenvalue weighted by atomic mass is 16.2. The number of carbonyl (C=O) groups excluding carboxylic acids is 1. The van der Waals surface area contributed by atoms with Gasteiger partial charge in [0.1, 0.15) is 5.82 Å². The number of carbonyl (C=O) groups is 1. The van der Waals surface area contributed by atoms with Gasteiger partial charge in [-0.1, -0.05) is 19.3 Å². The predicted molar refractivity (Wildman–Crippen MR) is 74.3 cm³/mol. The molecule has 2 N–H and O–H groups in total. The number of amides is 1. The van der Waals surface area contributed by atoms with E-state index in [0.717, 1.165) is 31.5 Å². The maximum atomic E-state index is 12.7. The van der Waals surface area contributed by atoms with E-state index in [1.165, 1.54) is 6.42 Å². The van der Waals surface area contributed by atoms with Crippen LogP contribution in [0.1, 0.15) is 37.9 Å². The van der Waals surface area contributed by atoms with Crippen molar-refractivity contribution in [2.75, 3.05) is 13.6 Å². The predicted octanol–water partition coefficient (Wildman–Crippen LogP) is 1.29. The second-order valence-corrected chi connectivity index (χ2v) is 5.66. The smallest absolute Gasteiger partial charge is 0.230 e. The van der Waals surface area contributed by atoms with Crippen LogP contribution >= 0.6 is 0 Å². The van der Waals surface area contributed by atoms with Crippen molar-refractivity contribution in [2.45, 2.75) is 38.6 Å². The molecule has 0 unspecified atom stereocenters. The highest BCUT2D eigenvalue weighted by Gasteiger charge is 2.40. The summed E-state index contributed by atoms with van der Waals surface area (Å²) in [4.78, 5) is 18.7. The summed E-state index contributed by atoms with van der Waals surface area (Å²) in [5.74, 6) is 1.08. The van der Waals surface area contributed by atoms with Gasteiger partial charge >= 0.3 is 0 Å². The van der Waals surface area contributed by atoms with Gasteiger partial charge in [-0.25, -0.2) is 4.98 Å². The second kappa shape index (κ2) is 5.74. The van der Waals surface area contributed by atoms with E-state index in [0.29, 0.717) is 13.1 Å². The Morgan fingerprint density at radius 2 is 2.16 bits per heavy atom. The molecule has 0 spiro atoms. The van der Waals surface area contributed by atoms with Crippen LogP contribution in [0.3, 0.4) is 0 Å². The number of hydrogen-bond donors (Lipinski definition) is 1. The molecule has 1 saturated carbocycles. The van der Waals surface area contributed by atoms with Crippen molar-refractivity contribution in [2.24, 2.45) is 18.2 Å². The van der Waals surface area contributed by atoms with Gasteiger partial charge in [-0.15, -0.1) is 0 Å². The molecule has 5 heteroatoms. The van der Waals surface area contributed by atoms with Gasteiger partial charge in [-0.3, -0.25) is 4.79 Å². The Morgan fingerprint density at radius 1 is 1.47 bits per heavy atom. The van der Waals surface area contributed by atoms with Crippen molar-refractivity contribution >= 4 is 5.91 Å². The third-order valence-electron chi connectivity index (χ3n) is 4.30. The second-order valence-electron chi connectivity index (χ2n) is 5.66. The van der Waals surface area contributed by atoms with Crippen LogP contribution in [0.4, 0.5) is 0 Å². The van der Waals surface area contributed by atoms with Crippen LogP contribution in [-0.4, -0.2) is 34.0 Å². The molecule has 0 atom stereocenters. The number of nitrogens with two attached hydrogens (primary N) is 1. The number of aromatic nitrogens is 2. The molecule has 1 fully saturated rings. The van der Waals surface area contributed by atoms with E-state index in [9.17, 15) is 4.79 Å². The molecule has 2 rings (SSSR count). The molecule has 5 nitrogen and oxygen atoms in total. The highest BCUT2D eigenvalue weighted by molar-refractivity contribution is 5.82. The van der Waals surface area contributed by atoms with Gasteiger partial charge in [0.15, 0.2) is 0 Å². The summed E-state index contributed by atoms with van der Waals surface area (Å²) in [6, 6.07) is 0. The summed E-state index contributed by atoms with van der Waals surface area (Å²) in [7, 11) is 3.79. The largest absolute Gasteiger partial charge is 0.338 e. The van der Waals surface area contributed by atoms with Gasteiger partial charge in [0.05, 0.1) is 12.0 Å². The summed E-state index contributed by atoms with van der Waals surface area (Å²) in [5.41, 5.74) is 5.58. The Balaban J connectivity index is 2.07. The standard InChI is InChI=1S/C14H24N4O/c1-17-9-8-16-12(17)10-18(2)13(19)14(11-15)6-4-3-5-7-14/h8-9H,3-7,10-11,15H2,1-2H3. The van der Waals surface area contributed by atoms with E-state index in [1.807, 2.05) is 24.9 Å². The molecule has 1 aliphatic carbocycles. The van der Waals surface area contributed by atoms with Crippen LogP contribution in [0, 0.1) is 5.41 Å². The Morgan fingerprint density at radius 3 is 2.68 bits per heavy atom. The van der Waals surface area contributed by atoms with E-state index < -0.39 is 0 Å². The summed E-state index contributed by atoms with van der Waals surface area (Å²) in [6.45, 7) is 1.00. The zero-order valence-corrected chi connectivity index (χ0v) is 11.9. The van der Waals surface area contributed by atoms with Crippen LogP contribution in [-0.2, 0) is 18.4 Å². The maximum absolute atomic E-state index is 12.7. The third kappa shape index (κ3) is 2.81. The molecule has 0 aromatic carbocycles. The van der Waals surface area contributed by atoms with Crippen LogP contribution in [0.5, 0.6) is 0 Å². The molecule has 19 heavy (non-hydrogen) atoms. The molecule has 1 heterocycles. The first kappa shape index (κ1) is 14.1. The Kier molecular flexibility index (Phi) is 4.24. The first-order valence-electron chi connectivity index (χ1n) is 7.01. The number of hydrogen-bond acceptors (Lipinski definition) is 3. The minimum Gasteiger partial charge on any atom is -0.338 e. The van der Waals surface area contributed by atoms with Crippen molar-refractivity contribution < 1.29 is 4.79 Å². The van der Waals surface area contributed by atoms with Gasteiger partial charge in [-0.2, -0.15) is 0 Å². The first-order chi connectivity index (χ1) is 9.09. The lowest BCUT2D eigenvalue weighted by molar-refractivity contribution is -0.142. The van der Waals surface area contributed by atoms with E-state index >= 15 is 0 Å². The fraction of sp³-hybridized carbons (Fsp3) is 0.714. The third-order valence-corrected chi connectivity index (χ3v) is 4.30. The van der Waals surface area contributed by atoms with Crippen molar-refractivity contribution in [1.29, 1.82) is 0 Å². The normalized spacial score (nSPS) is 18.3. The molecule has 1 aliphatic rings. The topological polar surface area (TPSA) is 64.2 Å². The lowest BCUT2D eigenvalue weighted by Crippen LogP contribution is -2.47. The van der Waals surface area contributed by atoms with Gasteiger partial charge in [0, 0.05) is 33.0 Å². The lowest BCUT2D eigenvalue weighted by Gasteiger charge is -2.37. The minimum absolute atomic E-state index is 0.178. The van der Waals surface area contributed by atoms with E-state index in [-0.39, 0.29) is 11.3 Å². The van der Waals surface area contributed by atoms with Crippen LogP contribution in [0.25, 0.3) is 0 Å².